The summed E-state index contributed by atoms with van der Waals surface area (Å²) >= 11 is 0. The molecule has 1 N–H and O–H groups in total. The van der Waals surface area contributed by atoms with Gasteiger partial charge in [0.2, 0.25) is 0 Å². The van der Waals surface area contributed by atoms with Crippen LogP contribution in [0.4, 0.5) is 13.2 Å². The summed E-state index contributed by atoms with van der Waals surface area (Å²) in [4.78, 5) is 0. The fraction of sp³-hybridized carbons (Fsp3) is 0.444. The first-order valence-electron chi connectivity index (χ1n) is 4.44. The number of nitrogens with zero attached hydrogens (tertiary/aromatic N) is 2. The quantitative estimate of drug-likeness (QED) is 0.768. The van der Waals surface area contributed by atoms with E-state index in [4.69, 9.17) is 0 Å². The lowest BCUT2D eigenvalue weighted by Gasteiger charge is -2.06. The van der Waals surface area contributed by atoms with Crippen molar-refractivity contribution in [3.63, 3.8) is 0 Å². The first-order chi connectivity index (χ1) is 7.01. The van der Waals surface area contributed by atoms with Gasteiger partial charge in [0, 0.05) is 31.0 Å². The Bertz CT molecular complexity index is 317. The Morgan fingerprint density at radius 1 is 1.53 bits per heavy atom. The second-order valence-corrected chi connectivity index (χ2v) is 3.05. The molecule has 0 aliphatic rings. The van der Waals surface area contributed by atoms with Crippen LogP contribution < -0.4 is 5.32 Å². The van der Waals surface area contributed by atoms with E-state index in [0.717, 1.165) is 5.56 Å². The Hall–Kier alpha value is -1.30. The van der Waals surface area contributed by atoms with Crippen LogP contribution in [0.25, 0.3) is 6.20 Å². The Morgan fingerprint density at radius 2 is 2.27 bits per heavy atom. The van der Waals surface area contributed by atoms with E-state index in [0.29, 0.717) is 6.54 Å². The van der Waals surface area contributed by atoms with Crippen molar-refractivity contribution >= 4 is 6.20 Å². The van der Waals surface area contributed by atoms with Gasteiger partial charge in [-0.1, -0.05) is 6.58 Å². The maximum atomic E-state index is 11.8. The summed E-state index contributed by atoms with van der Waals surface area (Å²) in [6.07, 6.45) is -0.115. The Labute approximate surface area is 85.6 Å². The summed E-state index contributed by atoms with van der Waals surface area (Å²) < 4.78 is 36.8. The second-order valence-electron chi connectivity index (χ2n) is 3.05. The van der Waals surface area contributed by atoms with Gasteiger partial charge in [-0.15, -0.1) is 0 Å². The van der Waals surface area contributed by atoms with Crippen molar-refractivity contribution in [1.82, 2.24) is 15.1 Å². The highest BCUT2D eigenvalue weighted by molar-refractivity contribution is 5.17. The minimum absolute atomic E-state index is 0.0806. The number of halogens is 3. The molecule has 0 bridgehead atoms. The third-order valence-electron chi connectivity index (χ3n) is 1.76. The number of alkyl halides is 3. The molecule has 0 atom stereocenters. The maximum Gasteiger partial charge on any atom is 0.390 e. The van der Waals surface area contributed by atoms with Crippen molar-refractivity contribution < 1.29 is 13.2 Å². The fourth-order valence-corrected chi connectivity index (χ4v) is 1.03. The highest BCUT2D eigenvalue weighted by atomic mass is 19.4. The van der Waals surface area contributed by atoms with Crippen molar-refractivity contribution in [1.29, 1.82) is 0 Å². The van der Waals surface area contributed by atoms with Gasteiger partial charge in [0.15, 0.2) is 0 Å². The smallest absolute Gasteiger partial charge is 0.312 e. The minimum Gasteiger partial charge on any atom is -0.312 e. The molecule has 0 aliphatic carbocycles. The largest absolute Gasteiger partial charge is 0.390 e. The topological polar surface area (TPSA) is 29.9 Å². The van der Waals surface area contributed by atoms with E-state index in [9.17, 15) is 13.2 Å². The highest BCUT2D eigenvalue weighted by Crippen LogP contribution is 2.18. The lowest BCUT2D eigenvalue weighted by Crippen LogP contribution is -2.21. The van der Waals surface area contributed by atoms with Crippen LogP contribution >= 0.6 is 0 Å². The molecular weight excluding hydrogens is 207 g/mol. The molecule has 15 heavy (non-hydrogen) atoms. The van der Waals surface area contributed by atoms with Gasteiger partial charge >= 0.3 is 6.18 Å². The minimum atomic E-state index is -4.10. The molecule has 0 unspecified atom stereocenters. The van der Waals surface area contributed by atoms with Crippen LogP contribution in [0, 0.1) is 0 Å². The SMILES string of the molecule is C=Cn1cc(CNCCC(F)(F)F)cn1. The molecule has 0 aliphatic heterocycles. The summed E-state index contributed by atoms with van der Waals surface area (Å²) in [7, 11) is 0. The zero-order valence-corrected chi connectivity index (χ0v) is 8.09. The molecule has 3 nitrogen and oxygen atoms in total. The van der Waals surface area contributed by atoms with Gasteiger partial charge in [0.05, 0.1) is 12.6 Å². The highest BCUT2D eigenvalue weighted by Gasteiger charge is 2.25. The standard InChI is InChI=1S/C9H12F3N3/c1-2-15-7-8(6-14-15)5-13-4-3-9(10,11)12/h2,6-7,13H,1,3-5H2. The summed E-state index contributed by atoms with van der Waals surface area (Å²) in [6.45, 7) is 3.80. The lowest BCUT2D eigenvalue weighted by molar-refractivity contribution is -0.133. The number of hydrogen-bond acceptors (Lipinski definition) is 2. The van der Waals surface area contributed by atoms with Crippen molar-refractivity contribution in [2.45, 2.75) is 19.1 Å². The summed E-state index contributed by atoms with van der Waals surface area (Å²) in [5.74, 6) is 0. The molecule has 1 aromatic heterocycles. The van der Waals surface area contributed by atoms with Crippen molar-refractivity contribution in [2.24, 2.45) is 0 Å². The molecule has 1 heterocycles. The Kier molecular flexibility index (Phi) is 3.90. The van der Waals surface area contributed by atoms with Crippen LogP contribution in [0.3, 0.4) is 0 Å². The normalized spacial score (nSPS) is 11.7. The molecule has 1 aromatic rings. The van der Waals surface area contributed by atoms with E-state index in [1.165, 1.54) is 10.9 Å². The summed E-state index contributed by atoms with van der Waals surface area (Å²) in [5.41, 5.74) is 0.831. The molecule has 0 saturated heterocycles. The zero-order chi connectivity index (χ0) is 11.3. The number of nitrogens with one attached hydrogen (secondary N) is 1. The van der Waals surface area contributed by atoms with Crippen molar-refractivity contribution in [3.8, 4) is 0 Å². The van der Waals surface area contributed by atoms with Crippen LogP contribution in [0.15, 0.2) is 19.0 Å². The molecule has 0 spiro atoms. The zero-order valence-electron chi connectivity index (χ0n) is 8.09. The van der Waals surface area contributed by atoms with E-state index in [1.807, 2.05) is 0 Å². The lowest BCUT2D eigenvalue weighted by atomic mass is 10.3. The van der Waals surface area contributed by atoms with Crippen LogP contribution in [-0.4, -0.2) is 22.5 Å². The van der Waals surface area contributed by atoms with Crippen LogP contribution in [0.5, 0.6) is 0 Å². The van der Waals surface area contributed by atoms with E-state index in [1.54, 1.807) is 12.4 Å². The van der Waals surface area contributed by atoms with E-state index in [-0.39, 0.29) is 6.54 Å². The third kappa shape index (κ3) is 4.64. The first kappa shape index (κ1) is 11.8. The number of aromatic nitrogens is 2. The molecule has 6 heteroatoms. The maximum absolute atomic E-state index is 11.8. The molecule has 1 rings (SSSR count). The van der Waals surface area contributed by atoms with Gasteiger partial charge in [-0.25, -0.2) is 4.68 Å². The second kappa shape index (κ2) is 4.97. The van der Waals surface area contributed by atoms with E-state index < -0.39 is 12.6 Å². The van der Waals surface area contributed by atoms with Gasteiger partial charge in [-0.05, 0) is 0 Å². The molecular formula is C9H12F3N3. The molecule has 0 radical (unpaired) electrons. The fourth-order valence-electron chi connectivity index (χ4n) is 1.03. The molecule has 0 fully saturated rings. The van der Waals surface area contributed by atoms with Crippen molar-refractivity contribution in [2.75, 3.05) is 6.54 Å². The van der Waals surface area contributed by atoms with Gasteiger partial charge in [0.1, 0.15) is 0 Å². The van der Waals surface area contributed by atoms with Crippen molar-refractivity contribution in [3.05, 3.63) is 24.5 Å². The van der Waals surface area contributed by atoms with Crippen LogP contribution in [0.1, 0.15) is 12.0 Å². The Balaban J connectivity index is 2.23. The average molecular weight is 219 g/mol. The van der Waals surface area contributed by atoms with Crippen LogP contribution in [-0.2, 0) is 6.54 Å². The predicted molar refractivity (Wildman–Crippen MR) is 51.0 cm³/mol. The molecule has 0 aromatic carbocycles. The van der Waals surface area contributed by atoms with Gasteiger partial charge in [-0.3, -0.25) is 0 Å². The predicted octanol–water partition coefficient (Wildman–Crippen LogP) is 2.03. The van der Waals surface area contributed by atoms with E-state index in [2.05, 4.69) is 17.0 Å². The van der Waals surface area contributed by atoms with Gasteiger partial charge in [-0.2, -0.15) is 18.3 Å². The molecule has 84 valence electrons. The van der Waals surface area contributed by atoms with Gasteiger partial charge in [0.25, 0.3) is 0 Å². The first-order valence-corrected chi connectivity index (χ1v) is 4.44. The van der Waals surface area contributed by atoms with Gasteiger partial charge < -0.3 is 5.32 Å². The summed E-state index contributed by atoms with van der Waals surface area (Å²) in [5, 5.41) is 6.59. The molecule has 0 amide bonds. The average Bonchev–Trinajstić information content (AvgIpc) is 2.59. The summed E-state index contributed by atoms with van der Waals surface area (Å²) in [6, 6.07) is 0. The monoisotopic (exact) mass is 219 g/mol. The number of rotatable bonds is 5. The van der Waals surface area contributed by atoms with Crippen LogP contribution in [0.2, 0.25) is 0 Å². The Morgan fingerprint density at radius 3 is 2.80 bits per heavy atom. The number of hydrogen-bond donors (Lipinski definition) is 1. The third-order valence-corrected chi connectivity index (χ3v) is 1.76. The van der Waals surface area contributed by atoms with E-state index >= 15 is 0 Å². The molecule has 0 saturated carbocycles.